The van der Waals surface area contributed by atoms with Gasteiger partial charge in [0.1, 0.15) is 5.76 Å². The molecule has 0 saturated heterocycles. The largest absolute Gasteiger partial charge is 0.452 e. The van der Waals surface area contributed by atoms with Crippen LogP contribution < -0.4 is 0 Å². The molecule has 0 N–H and O–H groups in total. The lowest BCUT2D eigenvalue weighted by Gasteiger charge is -1.91. The first-order chi connectivity index (χ1) is 9.33. The summed E-state index contributed by atoms with van der Waals surface area (Å²) in [4.78, 5) is 1.19. The quantitative estimate of drug-likeness (QED) is 0.580. The fourth-order valence-corrected chi connectivity index (χ4v) is 2.61. The van der Waals surface area contributed by atoms with Crippen molar-refractivity contribution in [1.82, 2.24) is 0 Å². The van der Waals surface area contributed by atoms with Crippen molar-refractivity contribution in [2.24, 2.45) is 0 Å². The third kappa shape index (κ3) is 2.62. The van der Waals surface area contributed by atoms with Crippen molar-refractivity contribution in [3.63, 3.8) is 0 Å². The summed E-state index contributed by atoms with van der Waals surface area (Å²) in [6, 6.07) is 16.1. The molecule has 1 aromatic carbocycles. The predicted octanol–water partition coefficient (Wildman–Crippen LogP) is 4.72. The first kappa shape index (κ1) is 11.8. The van der Waals surface area contributed by atoms with E-state index >= 15 is 0 Å². The molecule has 0 saturated carbocycles. The van der Waals surface area contributed by atoms with E-state index in [4.69, 9.17) is 4.42 Å². The Balaban J connectivity index is 2.01. The van der Waals surface area contributed by atoms with Crippen LogP contribution in [0.3, 0.4) is 0 Å². The molecule has 0 amide bonds. The average Bonchev–Trinajstić information content (AvgIpc) is 3.06. The number of benzene rings is 1. The zero-order valence-corrected chi connectivity index (χ0v) is 11.3. The van der Waals surface area contributed by atoms with Crippen LogP contribution in [0.1, 0.15) is 17.1 Å². The fraction of sp³-hybridized carbons (Fsp3) is 0.0588. The van der Waals surface area contributed by atoms with Crippen molar-refractivity contribution in [3.05, 3.63) is 71.0 Å². The Bertz CT molecular complexity index is 725. The molecule has 92 valence electrons. The molecule has 0 bridgehead atoms. The van der Waals surface area contributed by atoms with Crippen molar-refractivity contribution in [3.8, 4) is 22.3 Å². The van der Waals surface area contributed by atoms with Crippen molar-refractivity contribution in [1.29, 1.82) is 0 Å². The fourth-order valence-electron chi connectivity index (χ4n) is 1.87. The van der Waals surface area contributed by atoms with E-state index in [1.54, 1.807) is 11.3 Å². The molecule has 0 aliphatic carbocycles. The zero-order chi connectivity index (χ0) is 13.1. The third-order valence-electron chi connectivity index (χ3n) is 2.74. The molecule has 2 heterocycles. The zero-order valence-electron chi connectivity index (χ0n) is 10.5. The molecular weight excluding hydrogens is 252 g/mol. The number of furan rings is 1. The van der Waals surface area contributed by atoms with Crippen LogP contribution in [0.15, 0.2) is 58.3 Å². The highest BCUT2D eigenvalue weighted by Crippen LogP contribution is 2.30. The van der Waals surface area contributed by atoms with E-state index in [0.717, 1.165) is 22.6 Å². The molecule has 19 heavy (non-hydrogen) atoms. The molecule has 0 fully saturated rings. The van der Waals surface area contributed by atoms with Crippen molar-refractivity contribution in [2.75, 3.05) is 0 Å². The number of hydrogen-bond acceptors (Lipinski definition) is 2. The van der Waals surface area contributed by atoms with Gasteiger partial charge in [0.2, 0.25) is 0 Å². The number of thiophene rings is 1. The minimum absolute atomic E-state index is 0.740. The second-order valence-corrected chi connectivity index (χ2v) is 5.14. The molecule has 1 nitrogen and oxygen atoms in total. The Labute approximate surface area is 116 Å². The average molecular weight is 264 g/mol. The number of rotatable bonds is 1. The molecule has 3 rings (SSSR count). The second kappa shape index (κ2) is 5.17. The predicted molar refractivity (Wildman–Crippen MR) is 79.2 cm³/mol. The van der Waals surface area contributed by atoms with Crippen LogP contribution >= 0.6 is 11.3 Å². The van der Waals surface area contributed by atoms with Gasteiger partial charge in [-0.15, -0.1) is 11.3 Å². The molecule has 0 aliphatic rings. The summed E-state index contributed by atoms with van der Waals surface area (Å²) in [5.41, 5.74) is 2.07. The van der Waals surface area contributed by atoms with Crippen LogP contribution in [-0.4, -0.2) is 0 Å². The van der Waals surface area contributed by atoms with Crippen molar-refractivity contribution < 1.29 is 4.42 Å². The van der Waals surface area contributed by atoms with Crippen molar-refractivity contribution in [2.45, 2.75) is 6.92 Å². The van der Waals surface area contributed by atoms with E-state index in [0.29, 0.717) is 0 Å². The van der Waals surface area contributed by atoms with Crippen LogP contribution in [0.4, 0.5) is 0 Å². The molecule has 0 spiro atoms. The van der Waals surface area contributed by atoms with Crippen LogP contribution in [0.5, 0.6) is 0 Å². The van der Waals surface area contributed by atoms with Crippen molar-refractivity contribution >= 4 is 11.3 Å². The minimum atomic E-state index is 0.740. The molecule has 2 heteroatoms. The van der Waals surface area contributed by atoms with Gasteiger partial charge in [0.15, 0.2) is 5.76 Å². The molecule has 0 aliphatic heterocycles. The van der Waals surface area contributed by atoms with Gasteiger partial charge in [0, 0.05) is 16.0 Å². The van der Waals surface area contributed by atoms with Gasteiger partial charge in [-0.05, 0) is 42.5 Å². The van der Waals surface area contributed by atoms with Gasteiger partial charge in [-0.25, -0.2) is 0 Å². The van der Waals surface area contributed by atoms with Crippen LogP contribution in [-0.2, 0) is 0 Å². The summed E-state index contributed by atoms with van der Waals surface area (Å²) in [5, 5.41) is 2.06. The highest BCUT2D eigenvalue weighted by atomic mass is 32.1. The van der Waals surface area contributed by atoms with E-state index in [1.165, 1.54) is 4.88 Å². The smallest absolute Gasteiger partial charge is 0.186 e. The summed E-state index contributed by atoms with van der Waals surface area (Å²) in [6.45, 7) is 1.95. The van der Waals surface area contributed by atoms with Gasteiger partial charge in [-0.3, -0.25) is 0 Å². The van der Waals surface area contributed by atoms with Crippen LogP contribution in [0.2, 0.25) is 0 Å². The Hall–Kier alpha value is -2.24. The Kier molecular flexibility index (Phi) is 3.22. The maximum Gasteiger partial charge on any atom is 0.186 e. The van der Waals surface area contributed by atoms with Gasteiger partial charge in [0.05, 0.1) is 0 Å². The molecule has 0 unspecified atom stereocenters. The maximum atomic E-state index is 5.69. The highest BCUT2D eigenvalue weighted by Gasteiger charge is 2.09. The normalized spacial score (nSPS) is 9.95. The summed E-state index contributed by atoms with van der Waals surface area (Å²) in [6.07, 6.45) is 0. The Morgan fingerprint density at radius 2 is 1.84 bits per heavy atom. The molecule has 2 aromatic heterocycles. The molecule has 0 radical (unpaired) electrons. The van der Waals surface area contributed by atoms with Gasteiger partial charge in [0.25, 0.3) is 0 Å². The number of aryl methyl sites for hydroxylation is 1. The molecular formula is C17H12OS. The van der Waals surface area contributed by atoms with Gasteiger partial charge >= 0.3 is 0 Å². The summed E-state index contributed by atoms with van der Waals surface area (Å²) in [7, 11) is 0. The van der Waals surface area contributed by atoms with Crippen LogP contribution in [0.25, 0.3) is 10.4 Å². The Morgan fingerprint density at radius 3 is 2.58 bits per heavy atom. The highest BCUT2D eigenvalue weighted by molar-refractivity contribution is 7.13. The summed E-state index contributed by atoms with van der Waals surface area (Å²) < 4.78 is 5.69. The minimum Gasteiger partial charge on any atom is -0.452 e. The third-order valence-corrected chi connectivity index (χ3v) is 3.64. The van der Waals surface area contributed by atoms with E-state index < -0.39 is 0 Å². The molecule has 0 atom stereocenters. The van der Waals surface area contributed by atoms with Gasteiger partial charge < -0.3 is 4.42 Å². The van der Waals surface area contributed by atoms with E-state index in [1.807, 2.05) is 49.4 Å². The SMILES string of the molecule is Cc1cc(-c2cccs2)c(C#Cc2ccccc2)o1. The summed E-state index contributed by atoms with van der Waals surface area (Å²) in [5.74, 6) is 7.90. The standard InChI is InChI=1S/C17H12OS/c1-13-12-15(17-8-5-11-19-17)16(18-13)10-9-14-6-3-2-4-7-14/h2-8,11-12H,1H3. The Morgan fingerprint density at radius 1 is 1.00 bits per heavy atom. The van der Waals surface area contributed by atoms with Gasteiger partial charge in [-0.2, -0.15) is 0 Å². The second-order valence-electron chi connectivity index (χ2n) is 4.19. The topological polar surface area (TPSA) is 13.1 Å². The first-order valence-electron chi connectivity index (χ1n) is 6.04. The molecule has 3 aromatic rings. The monoisotopic (exact) mass is 264 g/mol. The maximum absolute atomic E-state index is 5.69. The van der Waals surface area contributed by atoms with E-state index in [-0.39, 0.29) is 0 Å². The van der Waals surface area contributed by atoms with E-state index in [2.05, 4.69) is 23.3 Å². The first-order valence-corrected chi connectivity index (χ1v) is 6.92. The number of hydrogen-bond donors (Lipinski definition) is 0. The summed E-state index contributed by atoms with van der Waals surface area (Å²) >= 11 is 1.70. The van der Waals surface area contributed by atoms with E-state index in [9.17, 15) is 0 Å². The lowest BCUT2D eigenvalue weighted by Crippen LogP contribution is -1.75. The van der Waals surface area contributed by atoms with Gasteiger partial charge in [-0.1, -0.05) is 30.2 Å². The lowest BCUT2D eigenvalue weighted by molar-refractivity contribution is 0.523. The lowest BCUT2D eigenvalue weighted by atomic mass is 10.2. The van der Waals surface area contributed by atoms with Crippen LogP contribution in [0, 0.1) is 18.8 Å².